The first-order chi connectivity index (χ1) is 10.1. The Morgan fingerprint density at radius 3 is 1.24 bits per heavy atom. The van der Waals surface area contributed by atoms with Crippen LogP contribution >= 0.6 is 0 Å². The van der Waals surface area contributed by atoms with Crippen LogP contribution in [0.1, 0.15) is 117 Å². The van der Waals surface area contributed by atoms with Crippen LogP contribution in [0.3, 0.4) is 0 Å². The van der Waals surface area contributed by atoms with Gasteiger partial charge in [-0.2, -0.15) is 0 Å². The van der Waals surface area contributed by atoms with Gasteiger partial charge >= 0.3 is 0 Å². The molecule has 0 amide bonds. The summed E-state index contributed by atoms with van der Waals surface area (Å²) in [7, 11) is 0. The van der Waals surface area contributed by atoms with Gasteiger partial charge in [0.1, 0.15) is 0 Å². The lowest BCUT2D eigenvalue weighted by Crippen LogP contribution is -2.49. The topological polar surface area (TPSA) is 52.0 Å². The van der Waals surface area contributed by atoms with Crippen molar-refractivity contribution in [1.29, 1.82) is 0 Å². The summed E-state index contributed by atoms with van der Waals surface area (Å²) in [6.45, 7) is 4.48. The third kappa shape index (κ3) is 16.1. The van der Waals surface area contributed by atoms with Crippen LogP contribution in [0, 0.1) is 0 Å². The molecule has 0 aromatic rings. The summed E-state index contributed by atoms with van der Waals surface area (Å²) < 4.78 is 0. The molecule has 0 aliphatic rings. The number of hydrogen-bond acceptors (Lipinski definition) is 2. The van der Waals surface area contributed by atoms with E-state index in [1.165, 1.54) is 83.5 Å². The molecular formula is C19H42N2. The smallest absolute Gasteiger partial charge is 0.0636 e. The molecule has 21 heavy (non-hydrogen) atoms. The van der Waals surface area contributed by atoms with Gasteiger partial charge in [-0.05, 0) is 12.8 Å². The molecule has 0 saturated heterocycles. The van der Waals surface area contributed by atoms with Gasteiger partial charge in [-0.15, -0.1) is 0 Å². The van der Waals surface area contributed by atoms with Gasteiger partial charge in [0, 0.05) is 0 Å². The molecule has 2 nitrogen and oxygen atoms in total. The number of unbranched alkanes of at least 4 members (excludes halogenated alkanes) is 12. The van der Waals surface area contributed by atoms with Gasteiger partial charge in [0.25, 0.3) is 0 Å². The van der Waals surface area contributed by atoms with Crippen molar-refractivity contribution in [3.8, 4) is 0 Å². The minimum atomic E-state index is -0.408. The zero-order valence-electron chi connectivity index (χ0n) is 15.0. The van der Waals surface area contributed by atoms with Crippen LogP contribution in [0.5, 0.6) is 0 Å². The standard InChI is InChI=1S/C19H42N2/c1-3-5-7-8-9-10-11-12-13-14-15-16-18-19(20,21)17-6-4-2/h3-18,20-21H2,1-2H3. The van der Waals surface area contributed by atoms with E-state index in [1.807, 2.05) is 0 Å². The average molecular weight is 299 g/mol. The summed E-state index contributed by atoms with van der Waals surface area (Å²) >= 11 is 0. The molecule has 0 aliphatic carbocycles. The van der Waals surface area contributed by atoms with Crippen LogP contribution in [-0.2, 0) is 0 Å². The van der Waals surface area contributed by atoms with Crippen molar-refractivity contribution >= 4 is 0 Å². The molecule has 0 atom stereocenters. The van der Waals surface area contributed by atoms with Crippen molar-refractivity contribution < 1.29 is 0 Å². The Balaban J connectivity index is 3.18. The van der Waals surface area contributed by atoms with Crippen molar-refractivity contribution in [3.63, 3.8) is 0 Å². The molecule has 0 bridgehead atoms. The quantitative estimate of drug-likeness (QED) is 0.276. The molecule has 0 saturated carbocycles. The Morgan fingerprint density at radius 1 is 0.476 bits per heavy atom. The molecule has 0 fully saturated rings. The molecule has 2 heteroatoms. The monoisotopic (exact) mass is 298 g/mol. The summed E-state index contributed by atoms with van der Waals surface area (Å²) in [6.07, 6.45) is 21.0. The Hall–Kier alpha value is -0.0800. The molecule has 0 radical (unpaired) electrons. The molecule has 0 spiro atoms. The lowest BCUT2D eigenvalue weighted by molar-refractivity contribution is 0.350. The van der Waals surface area contributed by atoms with Crippen LogP contribution < -0.4 is 11.5 Å². The Labute approximate surface area is 134 Å². The second kappa shape index (κ2) is 14.8. The highest BCUT2D eigenvalue weighted by Crippen LogP contribution is 2.16. The lowest BCUT2D eigenvalue weighted by atomic mass is 9.96. The van der Waals surface area contributed by atoms with E-state index in [0.29, 0.717) is 0 Å². The highest BCUT2D eigenvalue weighted by atomic mass is 14.9. The van der Waals surface area contributed by atoms with Crippen LogP contribution in [0.2, 0.25) is 0 Å². The number of nitrogens with two attached hydrogens (primary N) is 2. The third-order valence-electron chi connectivity index (χ3n) is 4.49. The number of hydrogen-bond donors (Lipinski definition) is 2. The Morgan fingerprint density at radius 2 is 0.810 bits per heavy atom. The molecule has 0 aromatic heterocycles. The first-order valence-electron chi connectivity index (χ1n) is 9.70. The molecule has 0 unspecified atom stereocenters. The lowest BCUT2D eigenvalue weighted by Gasteiger charge is -2.24. The predicted molar refractivity (Wildman–Crippen MR) is 96.3 cm³/mol. The van der Waals surface area contributed by atoms with Gasteiger partial charge in [-0.3, -0.25) is 0 Å². The van der Waals surface area contributed by atoms with Crippen molar-refractivity contribution in [1.82, 2.24) is 0 Å². The number of rotatable bonds is 16. The van der Waals surface area contributed by atoms with Gasteiger partial charge in [0.05, 0.1) is 5.66 Å². The maximum atomic E-state index is 6.11. The fraction of sp³-hybridized carbons (Fsp3) is 1.00. The van der Waals surface area contributed by atoms with E-state index in [-0.39, 0.29) is 0 Å². The minimum absolute atomic E-state index is 0.408. The van der Waals surface area contributed by atoms with E-state index in [9.17, 15) is 0 Å². The molecule has 4 N–H and O–H groups in total. The summed E-state index contributed by atoms with van der Waals surface area (Å²) in [4.78, 5) is 0. The van der Waals surface area contributed by atoms with Crippen LogP contribution in [0.4, 0.5) is 0 Å². The predicted octanol–water partition coefficient (Wildman–Crippen LogP) is 5.88. The molecule has 0 rings (SSSR count). The maximum absolute atomic E-state index is 6.11. The largest absolute Gasteiger partial charge is 0.313 e. The average Bonchev–Trinajstić information content (AvgIpc) is 2.46. The fourth-order valence-corrected chi connectivity index (χ4v) is 2.93. The summed E-state index contributed by atoms with van der Waals surface area (Å²) in [6, 6.07) is 0. The molecule has 0 aliphatic heterocycles. The highest BCUT2D eigenvalue weighted by molar-refractivity contribution is 4.76. The summed E-state index contributed by atoms with van der Waals surface area (Å²) in [5.41, 5.74) is 11.8. The summed E-state index contributed by atoms with van der Waals surface area (Å²) in [5.74, 6) is 0. The van der Waals surface area contributed by atoms with E-state index in [1.54, 1.807) is 0 Å². The van der Waals surface area contributed by atoms with Crippen molar-refractivity contribution in [2.45, 2.75) is 122 Å². The molecule has 0 aromatic carbocycles. The second-order valence-electron chi connectivity index (χ2n) is 6.98. The van der Waals surface area contributed by atoms with Gasteiger partial charge in [0.2, 0.25) is 0 Å². The second-order valence-corrected chi connectivity index (χ2v) is 6.98. The third-order valence-corrected chi connectivity index (χ3v) is 4.49. The molecule has 0 heterocycles. The van der Waals surface area contributed by atoms with Gasteiger partial charge in [-0.25, -0.2) is 0 Å². The van der Waals surface area contributed by atoms with E-state index < -0.39 is 5.66 Å². The van der Waals surface area contributed by atoms with Gasteiger partial charge < -0.3 is 11.5 Å². The van der Waals surface area contributed by atoms with Crippen LogP contribution in [0.15, 0.2) is 0 Å². The van der Waals surface area contributed by atoms with Crippen LogP contribution in [0.25, 0.3) is 0 Å². The van der Waals surface area contributed by atoms with E-state index >= 15 is 0 Å². The van der Waals surface area contributed by atoms with Gasteiger partial charge in [0.15, 0.2) is 0 Å². The molecule has 128 valence electrons. The Bertz CT molecular complexity index is 202. The van der Waals surface area contributed by atoms with Crippen molar-refractivity contribution in [3.05, 3.63) is 0 Å². The fourth-order valence-electron chi connectivity index (χ4n) is 2.93. The minimum Gasteiger partial charge on any atom is -0.313 e. The first kappa shape index (κ1) is 20.9. The zero-order chi connectivity index (χ0) is 15.8. The summed E-state index contributed by atoms with van der Waals surface area (Å²) in [5, 5.41) is 0. The first-order valence-corrected chi connectivity index (χ1v) is 9.70. The van der Waals surface area contributed by atoms with Gasteiger partial charge in [-0.1, -0.05) is 104 Å². The SMILES string of the molecule is CCCCCCCCCCCCCCC(N)(N)CCCC. The van der Waals surface area contributed by atoms with E-state index in [4.69, 9.17) is 11.5 Å². The highest BCUT2D eigenvalue weighted by Gasteiger charge is 2.16. The van der Waals surface area contributed by atoms with Crippen molar-refractivity contribution in [2.24, 2.45) is 11.5 Å². The maximum Gasteiger partial charge on any atom is 0.0636 e. The van der Waals surface area contributed by atoms with Crippen molar-refractivity contribution in [2.75, 3.05) is 0 Å². The zero-order valence-corrected chi connectivity index (χ0v) is 15.0. The Kier molecular flexibility index (Phi) is 14.8. The van der Waals surface area contributed by atoms with E-state index in [0.717, 1.165) is 19.3 Å². The molecular weight excluding hydrogens is 256 g/mol. The van der Waals surface area contributed by atoms with E-state index in [2.05, 4.69) is 13.8 Å². The normalized spacial score (nSPS) is 12.0. The van der Waals surface area contributed by atoms with Crippen LogP contribution in [-0.4, -0.2) is 5.66 Å².